The number of rotatable bonds is 3. The molecule has 0 spiro atoms. The molecule has 0 aliphatic rings. The Morgan fingerprint density at radius 1 is 1.18 bits per heavy atom. The smallest absolute Gasteiger partial charge is 0.244 e. The average Bonchev–Trinajstić information content (AvgIpc) is 2.78. The normalized spacial score (nSPS) is 13.0. The quantitative estimate of drug-likeness (QED) is 0.882. The van der Waals surface area contributed by atoms with Crippen molar-refractivity contribution in [3.8, 4) is 11.4 Å². The van der Waals surface area contributed by atoms with Crippen LogP contribution in [-0.2, 0) is 0 Å². The predicted molar refractivity (Wildman–Crippen MR) is 66.2 cm³/mol. The summed E-state index contributed by atoms with van der Waals surface area (Å²) in [5, 5.41) is 3.95. The number of nitrogens with zero attached hydrogens (tertiary/aromatic N) is 2. The van der Waals surface area contributed by atoms with Crippen LogP contribution in [0.2, 0.25) is 0 Å². The summed E-state index contributed by atoms with van der Waals surface area (Å²) in [5.74, 6) is 1.37. The first kappa shape index (κ1) is 11.8. The first-order valence-electron chi connectivity index (χ1n) is 5.74. The Labute approximate surface area is 101 Å². The Bertz CT molecular complexity index is 488. The van der Waals surface area contributed by atoms with Crippen LogP contribution >= 0.6 is 0 Å². The minimum Gasteiger partial charge on any atom is -0.337 e. The van der Waals surface area contributed by atoms with Gasteiger partial charge in [-0.2, -0.15) is 4.98 Å². The highest BCUT2D eigenvalue weighted by molar-refractivity contribution is 5.54. The summed E-state index contributed by atoms with van der Waals surface area (Å²) in [4.78, 5) is 4.33. The van der Waals surface area contributed by atoms with Gasteiger partial charge in [-0.15, -0.1) is 0 Å². The lowest BCUT2D eigenvalue weighted by atomic mass is 10.1. The van der Waals surface area contributed by atoms with Crippen LogP contribution in [0.4, 0.5) is 0 Å². The number of nitrogens with two attached hydrogens (primary N) is 1. The van der Waals surface area contributed by atoms with Crippen molar-refractivity contribution >= 4 is 0 Å². The van der Waals surface area contributed by atoms with E-state index in [9.17, 15) is 0 Å². The first-order chi connectivity index (χ1) is 8.08. The highest BCUT2D eigenvalue weighted by Gasteiger charge is 2.18. The van der Waals surface area contributed by atoms with E-state index in [4.69, 9.17) is 10.3 Å². The van der Waals surface area contributed by atoms with Gasteiger partial charge < -0.3 is 10.3 Å². The molecule has 0 radical (unpaired) electrons. The van der Waals surface area contributed by atoms with Crippen LogP contribution in [0.5, 0.6) is 0 Å². The van der Waals surface area contributed by atoms with Gasteiger partial charge in [-0.05, 0) is 12.8 Å². The van der Waals surface area contributed by atoms with Crippen LogP contribution in [0.3, 0.4) is 0 Å². The van der Waals surface area contributed by atoms with Crippen molar-refractivity contribution in [3.63, 3.8) is 0 Å². The highest BCUT2D eigenvalue weighted by atomic mass is 16.5. The maximum Gasteiger partial charge on any atom is 0.244 e. The third kappa shape index (κ3) is 2.53. The fourth-order valence-electron chi connectivity index (χ4n) is 1.48. The topological polar surface area (TPSA) is 64.9 Å². The van der Waals surface area contributed by atoms with Gasteiger partial charge in [0.1, 0.15) is 0 Å². The van der Waals surface area contributed by atoms with Gasteiger partial charge in [-0.3, -0.25) is 0 Å². The summed E-state index contributed by atoms with van der Waals surface area (Å²) in [6.07, 6.45) is 0. The molecular formula is C13H17N3O. The lowest BCUT2D eigenvalue weighted by Gasteiger charge is -2.09. The summed E-state index contributed by atoms with van der Waals surface area (Å²) in [5.41, 5.74) is 8.11. The lowest BCUT2D eigenvalue weighted by molar-refractivity contribution is 0.325. The molecule has 1 atom stereocenters. The van der Waals surface area contributed by atoms with E-state index in [0.29, 0.717) is 11.7 Å². The van der Waals surface area contributed by atoms with Crippen molar-refractivity contribution in [2.75, 3.05) is 0 Å². The molecule has 1 aromatic heterocycles. The molecule has 4 nitrogen and oxygen atoms in total. The zero-order chi connectivity index (χ0) is 12.4. The Morgan fingerprint density at radius 3 is 2.41 bits per heavy atom. The Hall–Kier alpha value is -1.68. The van der Waals surface area contributed by atoms with Gasteiger partial charge in [-0.1, -0.05) is 48.8 Å². The van der Waals surface area contributed by atoms with Crippen LogP contribution in [0.25, 0.3) is 11.4 Å². The van der Waals surface area contributed by atoms with Crippen LogP contribution in [-0.4, -0.2) is 10.1 Å². The molecule has 90 valence electrons. The Kier molecular flexibility index (Phi) is 3.24. The van der Waals surface area contributed by atoms with Crippen molar-refractivity contribution < 1.29 is 4.52 Å². The van der Waals surface area contributed by atoms with Crippen molar-refractivity contribution in [2.45, 2.75) is 26.8 Å². The van der Waals surface area contributed by atoms with E-state index in [-0.39, 0.29) is 12.0 Å². The van der Waals surface area contributed by atoms with E-state index in [2.05, 4.69) is 10.1 Å². The molecule has 0 aliphatic carbocycles. The summed E-state index contributed by atoms with van der Waals surface area (Å²) in [6.45, 7) is 6.10. The molecule has 2 N–H and O–H groups in total. The van der Waals surface area contributed by atoms with Gasteiger partial charge in [0.15, 0.2) is 0 Å². The standard InChI is InChI=1S/C13H17N3O/c1-8(2)11(14)13-15-12(16-17-13)10-6-4-9(3)5-7-10/h4-8,11H,14H2,1-3H3/t11-/m1/s1. The highest BCUT2D eigenvalue weighted by Crippen LogP contribution is 2.21. The third-order valence-electron chi connectivity index (χ3n) is 2.75. The van der Waals surface area contributed by atoms with E-state index in [1.165, 1.54) is 5.56 Å². The second-order valence-corrected chi connectivity index (χ2v) is 4.59. The van der Waals surface area contributed by atoms with E-state index in [0.717, 1.165) is 5.56 Å². The first-order valence-corrected chi connectivity index (χ1v) is 5.74. The zero-order valence-corrected chi connectivity index (χ0v) is 10.3. The monoisotopic (exact) mass is 231 g/mol. The van der Waals surface area contributed by atoms with Gasteiger partial charge >= 0.3 is 0 Å². The number of benzene rings is 1. The molecule has 0 bridgehead atoms. The van der Waals surface area contributed by atoms with Crippen molar-refractivity contribution in [1.82, 2.24) is 10.1 Å². The van der Waals surface area contributed by atoms with E-state index in [1.807, 2.05) is 45.0 Å². The van der Waals surface area contributed by atoms with E-state index in [1.54, 1.807) is 0 Å². The molecule has 0 saturated heterocycles. The molecule has 4 heteroatoms. The second-order valence-electron chi connectivity index (χ2n) is 4.59. The fraction of sp³-hybridized carbons (Fsp3) is 0.385. The lowest BCUT2D eigenvalue weighted by Crippen LogP contribution is -2.16. The van der Waals surface area contributed by atoms with Crippen LogP contribution in [0.15, 0.2) is 28.8 Å². The molecule has 0 amide bonds. The molecule has 0 fully saturated rings. The summed E-state index contributed by atoms with van der Waals surface area (Å²) in [6, 6.07) is 7.79. The average molecular weight is 231 g/mol. The molecule has 17 heavy (non-hydrogen) atoms. The zero-order valence-electron chi connectivity index (χ0n) is 10.3. The minimum absolute atomic E-state index is 0.207. The summed E-state index contributed by atoms with van der Waals surface area (Å²) < 4.78 is 5.19. The van der Waals surface area contributed by atoms with Crippen molar-refractivity contribution in [2.24, 2.45) is 11.7 Å². The number of aromatic nitrogens is 2. The van der Waals surface area contributed by atoms with Crippen molar-refractivity contribution in [3.05, 3.63) is 35.7 Å². The maximum absolute atomic E-state index is 5.96. The summed E-state index contributed by atoms with van der Waals surface area (Å²) in [7, 11) is 0. The number of hydrogen-bond acceptors (Lipinski definition) is 4. The van der Waals surface area contributed by atoms with Gasteiger partial charge in [0, 0.05) is 5.56 Å². The number of aryl methyl sites for hydroxylation is 1. The SMILES string of the molecule is Cc1ccc(-c2noc([C@H](N)C(C)C)n2)cc1. The van der Waals surface area contributed by atoms with Gasteiger partial charge in [0.05, 0.1) is 6.04 Å². The number of hydrogen-bond donors (Lipinski definition) is 1. The van der Waals surface area contributed by atoms with E-state index >= 15 is 0 Å². The fourth-order valence-corrected chi connectivity index (χ4v) is 1.48. The predicted octanol–water partition coefficient (Wildman–Crippen LogP) is 2.70. The van der Waals surface area contributed by atoms with Crippen molar-refractivity contribution in [1.29, 1.82) is 0 Å². The van der Waals surface area contributed by atoms with Crippen LogP contribution in [0.1, 0.15) is 31.3 Å². The van der Waals surface area contributed by atoms with Gasteiger partial charge in [-0.25, -0.2) is 0 Å². The molecular weight excluding hydrogens is 214 g/mol. The molecule has 0 aliphatic heterocycles. The van der Waals surface area contributed by atoms with Gasteiger partial charge in [0.25, 0.3) is 0 Å². The Morgan fingerprint density at radius 2 is 1.82 bits per heavy atom. The molecule has 0 unspecified atom stereocenters. The van der Waals surface area contributed by atoms with E-state index < -0.39 is 0 Å². The van der Waals surface area contributed by atoms with Crippen LogP contribution in [0, 0.1) is 12.8 Å². The molecule has 2 aromatic rings. The summed E-state index contributed by atoms with van der Waals surface area (Å²) >= 11 is 0. The third-order valence-corrected chi connectivity index (χ3v) is 2.75. The van der Waals surface area contributed by atoms with Gasteiger partial charge in [0.2, 0.25) is 11.7 Å². The molecule has 2 rings (SSSR count). The Balaban J connectivity index is 2.26. The minimum atomic E-state index is -0.207. The van der Waals surface area contributed by atoms with Crippen LogP contribution < -0.4 is 5.73 Å². The molecule has 1 heterocycles. The maximum atomic E-state index is 5.96. The largest absolute Gasteiger partial charge is 0.337 e. The molecule has 0 saturated carbocycles. The molecule has 1 aromatic carbocycles. The second kappa shape index (κ2) is 4.67.